The average Bonchev–Trinajstić information content (AvgIpc) is 3.02. The van der Waals surface area contributed by atoms with Gasteiger partial charge in [0.05, 0.1) is 12.2 Å². The zero-order valence-corrected chi connectivity index (χ0v) is 13.8. The lowest BCUT2D eigenvalue weighted by molar-refractivity contribution is 0.392. The maximum atomic E-state index is 5.16. The van der Waals surface area contributed by atoms with Gasteiger partial charge in [-0.3, -0.25) is 4.99 Å². The van der Waals surface area contributed by atoms with Crippen LogP contribution in [0.25, 0.3) is 0 Å². The van der Waals surface area contributed by atoms with Crippen molar-refractivity contribution < 1.29 is 4.52 Å². The van der Waals surface area contributed by atoms with Crippen LogP contribution >= 0.6 is 11.3 Å². The standard InChI is InChI=1S/C15H22N4OS/c1-10-5-6-13(21-10)9-18-15(16-4)17-8-7-14-11(2)19-20-12(14)3/h5-6H,7-9H2,1-4H3,(H2,16,17,18). The van der Waals surface area contributed by atoms with Crippen molar-refractivity contribution in [3.63, 3.8) is 0 Å². The average molecular weight is 306 g/mol. The Morgan fingerprint density at radius 3 is 2.67 bits per heavy atom. The largest absolute Gasteiger partial charge is 0.361 e. The highest BCUT2D eigenvalue weighted by molar-refractivity contribution is 7.11. The monoisotopic (exact) mass is 306 g/mol. The molecule has 2 aromatic rings. The highest BCUT2D eigenvalue weighted by atomic mass is 32.1. The Hall–Kier alpha value is -1.82. The Morgan fingerprint density at radius 2 is 2.10 bits per heavy atom. The second-order valence-corrected chi connectivity index (χ2v) is 6.29. The van der Waals surface area contributed by atoms with Crippen LogP contribution in [0.2, 0.25) is 0 Å². The molecule has 2 heterocycles. The number of guanidine groups is 1. The summed E-state index contributed by atoms with van der Waals surface area (Å²) in [5.74, 6) is 1.71. The van der Waals surface area contributed by atoms with E-state index in [1.807, 2.05) is 13.8 Å². The summed E-state index contributed by atoms with van der Waals surface area (Å²) in [6.45, 7) is 7.62. The Kier molecular flexibility index (Phi) is 5.38. The third-order valence-electron chi connectivity index (χ3n) is 3.30. The van der Waals surface area contributed by atoms with Crippen molar-refractivity contribution in [2.45, 2.75) is 33.7 Å². The maximum Gasteiger partial charge on any atom is 0.191 e. The fraction of sp³-hybridized carbons (Fsp3) is 0.467. The zero-order valence-electron chi connectivity index (χ0n) is 13.0. The van der Waals surface area contributed by atoms with E-state index in [9.17, 15) is 0 Å². The van der Waals surface area contributed by atoms with Crippen LogP contribution < -0.4 is 10.6 Å². The number of hydrogen-bond acceptors (Lipinski definition) is 4. The van der Waals surface area contributed by atoms with Crippen molar-refractivity contribution in [2.75, 3.05) is 13.6 Å². The molecule has 0 aromatic carbocycles. The molecule has 0 bridgehead atoms. The van der Waals surface area contributed by atoms with Crippen molar-refractivity contribution in [3.05, 3.63) is 38.9 Å². The van der Waals surface area contributed by atoms with Gasteiger partial charge in [-0.1, -0.05) is 5.16 Å². The van der Waals surface area contributed by atoms with Crippen LogP contribution in [-0.4, -0.2) is 24.7 Å². The van der Waals surface area contributed by atoms with Gasteiger partial charge in [0.15, 0.2) is 5.96 Å². The Balaban J connectivity index is 1.78. The molecule has 21 heavy (non-hydrogen) atoms. The van der Waals surface area contributed by atoms with Crippen molar-refractivity contribution in [3.8, 4) is 0 Å². The summed E-state index contributed by atoms with van der Waals surface area (Å²) in [4.78, 5) is 6.87. The summed E-state index contributed by atoms with van der Waals surface area (Å²) < 4.78 is 5.16. The maximum absolute atomic E-state index is 5.16. The number of aliphatic imine (C=N–C) groups is 1. The minimum atomic E-state index is 0.795. The summed E-state index contributed by atoms with van der Waals surface area (Å²) >= 11 is 1.80. The predicted octanol–water partition coefficient (Wildman–Crippen LogP) is 2.57. The predicted molar refractivity (Wildman–Crippen MR) is 86.9 cm³/mol. The minimum Gasteiger partial charge on any atom is -0.361 e. The van der Waals surface area contributed by atoms with E-state index in [-0.39, 0.29) is 0 Å². The number of aromatic nitrogens is 1. The van der Waals surface area contributed by atoms with Gasteiger partial charge in [-0.25, -0.2) is 0 Å². The molecule has 6 heteroatoms. The number of nitrogens with one attached hydrogen (secondary N) is 2. The van der Waals surface area contributed by atoms with Gasteiger partial charge >= 0.3 is 0 Å². The first-order chi connectivity index (χ1) is 10.1. The molecule has 5 nitrogen and oxygen atoms in total. The normalized spacial score (nSPS) is 11.7. The first-order valence-corrected chi connectivity index (χ1v) is 7.83. The lowest BCUT2D eigenvalue weighted by Gasteiger charge is -2.11. The molecule has 0 aliphatic carbocycles. The van der Waals surface area contributed by atoms with Gasteiger partial charge in [-0.05, 0) is 39.3 Å². The van der Waals surface area contributed by atoms with Crippen LogP contribution in [0.4, 0.5) is 0 Å². The van der Waals surface area contributed by atoms with E-state index < -0.39 is 0 Å². The quantitative estimate of drug-likeness (QED) is 0.658. The fourth-order valence-electron chi connectivity index (χ4n) is 2.14. The van der Waals surface area contributed by atoms with Crippen LogP contribution in [0.5, 0.6) is 0 Å². The molecule has 0 aliphatic heterocycles. The van der Waals surface area contributed by atoms with E-state index in [4.69, 9.17) is 4.52 Å². The number of nitrogens with zero attached hydrogens (tertiary/aromatic N) is 2. The Labute approximate surface area is 129 Å². The van der Waals surface area contributed by atoms with Crippen molar-refractivity contribution >= 4 is 17.3 Å². The molecule has 2 rings (SSSR count). The minimum absolute atomic E-state index is 0.795. The molecule has 0 aliphatic rings. The molecular formula is C15H22N4OS. The molecule has 0 saturated carbocycles. The lowest BCUT2D eigenvalue weighted by atomic mass is 10.1. The van der Waals surface area contributed by atoms with E-state index in [1.54, 1.807) is 18.4 Å². The van der Waals surface area contributed by atoms with Crippen molar-refractivity contribution in [2.24, 2.45) is 4.99 Å². The third-order valence-corrected chi connectivity index (χ3v) is 4.30. The van der Waals surface area contributed by atoms with Crippen LogP contribution in [-0.2, 0) is 13.0 Å². The lowest BCUT2D eigenvalue weighted by Crippen LogP contribution is -2.37. The highest BCUT2D eigenvalue weighted by Gasteiger charge is 2.08. The summed E-state index contributed by atoms with van der Waals surface area (Å²) in [6, 6.07) is 4.28. The third kappa shape index (κ3) is 4.32. The molecule has 0 unspecified atom stereocenters. The number of thiophene rings is 1. The number of hydrogen-bond donors (Lipinski definition) is 2. The first kappa shape index (κ1) is 15.6. The SMILES string of the molecule is CN=C(NCCc1c(C)noc1C)NCc1ccc(C)s1. The van der Waals surface area contributed by atoms with E-state index in [0.717, 1.165) is 36.9 Å². The summed E-state index contributed by atoms with van der Waals surface area (Å²) in [5, 5.41) is 10.6. The van der Waals surface area contributed by atoms with Gasteiger partial charge in [-0.2, -0.15) is 0 Å². The molecule has 0 atom stereocenters. The second-order valence-electron chi connectivity index (χ2n) is 4.92. The fourth-order valence-corrected chi connectivity index (χ4v) is 2.97. The molecule has 0 saturated heterocycles. The van der Waals surface area contributed by atoms with Gasteiger partial charge in [0.1, 0.15) is 5.76 Å². The van der Waals surface area contributed by atoms with E-state index >= 15 is 0 Å². The van der Waals surface area contributed by atoms with Crippen molar-refractivity contribution in [1.29, 1.82) is 0 Å². The second kappa shape index (κ2) is 7.26. The van der Waals surface area contributed by atoms with Crippen LogP contribution in [0.15, 0.2) is 21.6 Å². The molecule has 114 valence electrons. The Morgan fingerprint density at radius 1 is 1.29 bits per heavy atom. The first-order valence-electron chi connectivity index (χ1n) is 7.01. The smallest absolute Gasteiger partial charge is 0.191 e. The van der Waals surface area contributed by atoms with E-state index in [0.29, 0.717) is 0 Å². The summed E-state index contributed by atoms with van der Waals surface area (Å²) in [6.07, 6.45) is 0.875. The van der Waals surface area contributed by atoms with Gasteiger partial charge < -0.3 is 15.2 Å². The van der Waals surface area contributed by atoms with Crippen molar-refractivity contribution in [1.82, 2.24) is 15.8 Å². The van der Waals surface area contributed by atoms with Gasteiger partial charge in [-0.15, -0.1) is 11.3 Å². The van der Waals surface area contributed by atoms with Gasteiger partial charge in [0.2, 0.25) is 0 Å². The van der Waals surface area contributed by atoms with Crippen LogP contribution in [0.3, 0.4) is 0 Å². The van der Waals surface area contributed by atoms with E-state index in [1.165, 1.54) is 15.3 Å². The highest BCUT2D eigenvalue weighted by Crippen LogP contribution is 2.14. The molecule has 0 spiro atoms. The molecule has 0 amide bonds. The van der Waals surface area contributed by atoms with Gasteiger partial charge in [0, 0.05) is 28.9 Å². The summed E-state index contributed by atoms with van der Waals surface area (Å²) in [5.41, 5.74) is 2.14. The molecule has 0 fully saturated rings. The zero-order chi connectivity index (χ0) is 15.2. The molecule has 2 N–H and O–H groups in total. The molecule has 0 radical (unpaired) electrons. The van der Waals surface area contributed by atoms with Gasteiger partial charge in [0.25, 0.3) is 0 Å². The topological polar surface area (TPSA) is 62.5 Å². The number of rotatable bonds is 5. The Bertz CT molecular complexity index is 595. The molecular weight excluding hydrogens is 284 g/mol. The van der Waals surface area contributed by atoms with Crippen LogP contribution in [0, 0.1) is 20.8 Å². The van der Waals surface area contributed by atoms with E-state index in [2.05, 4.69) is 39.8 Å². The summed E-state index contributed by atoms with van der Waals surface area (Å²) in [7, 11) is 1.78. The number of aryl methyl sites for hydroxylation is 3. The van der Waals surface area contributed by atoms with Crippen LogP contribution in [0.1, 0.15) is 26.8 Å². The molecule has 2 aromatic heterocycles.